The Morgan fingerprint density at radius 2 is 2.05 bits per heavy atom. The van der Waals surface area contributed by atoms with Crippen LogP contribution in [0.1, 0.15) is 10.6 Å². The maximum Gasteiger partial charge on any atom is 0.395 e. The number of halogens is 3. The third-order valence-electron chi connectivity index (χ3n) is 3.17. The van der Waals surface area contributed by atoms with E-state index in [2.05, 4.69) is 4.98 Å². The van der Waals surface area contributed by atoms with Crippen molar-refractivity contribution >= 4 is 22.2 Å². The molecule has 1 aromatic carbocycles. The molecular weight excluding hydrogens is 313 g/mol. The third kappa shape index (κ3) is 3.04. The van der Waals surface area contributed by atoms with Crippen molar-refractivity contribution in [2.45, 2.75) is 19.5 Å². The largest absolute Gasteiger partial charge is 0.618 e. The van der Waals surface area contributed by atoms with Crippen LogP contribution in [-0.2, 0) is 6.42 Å². The molecule has 2 aromatic heterocycles. The lowest BCUT2D eigenvalue weighted by Crippen LogP contribution is -2.26. The molecule has 3 aromatic rings. The molecule has 2 heterocycles. The van der Waals surface area contributed by atoms with Gasteiger partial charge in [-0.1, -0.05) is 0 Å². The average molecular weight is 324 g/mol. The summed E-state index contributed by atoms with van der Waals surface area (Å²) in [5.74, 6) is 0. The summed E-state index contributed by atoms with van der Waals surface area (Å²) >= 11 is 0.985. The van der Waals surface area contributed by atoms with Gasteiger partial charge in [-0.15, -0.1) is 11.3 Å². The average Bonchev–Trinajstić information content (AvgIpc) is 2.84. The number of hydrogen-bond acceptors (Lipinski definition) is 3. The lowest BCUT2D eigenvalue weighted by atomic mass is 10.1. The molecule has 7 heteroatoms. The highest BCUT2D eigenvalue weighted by molar-refractivity contribution is 7.09. The normalized spacial score (nSPS) is 12.0. The number of aromatic nitrogens is 2. The molecule has 0 N–H and O–H groups in total. The second-order valence-corrected chi connectivity index (χ2v) is 5.98. The van der Waals surface area contributed by atoms with Gasteiger partial charge in [-0.05, 0) is 25.1 Å². The zero-order chi connectivity index (χ0) is 15.9. The third-order valence-corrected chi connectivity index (χ3v) is 4.02. The molecule has 22 heavy (non-hydrogen) atoms. The van der Waals surface area contributed by atoms with Gasteiger partial charge in [0, 0.05) is 28.0 Å². The molecule has 0 atom stereocenters. The van der Waals surface area contributed by atoms with E-state index in [1.165, 1.54) is 6.20 Å². The molecule has 0 aliphatic carbocycles. The van der Waals surface area contributed by atoms with E-state index < -0.39 is 12.6 Å². The van der Waals surface area contributed by atoms with Crippen molar-refractivity contribution in [3.63, 3.8) is 0 Å². The van der Waals surface area contributed by atoms with Crippen molar-refractivity contribution in [1.29, 1.82) is 0 Å². The number of rotatable bonds is 2. The van der Waals surface area contributed by atoms with Crippen LogP contribution in [0.4, 0.5) is 13.2 Å². The zero-order valence-electron chi connectivity index (χ0n) is 11.5. The van der Waals surface area contributed by atoms with Crippen molar-refractivity contribution in [3.8, 4) is 11.3 Å². The number of hydrogen-bond donors (Lipinski definition) is 0. The van der Waals surface area contributed by atoms with Crippen LogP contribution >= 0.6 is 11.3 Å². The quantitative estimate of drug-likeness (QED) is 0.528. The number of pyridine rings is 1. The molecule has 3 nitrogen and oxygen atoms in total. The lowest BCUT2D eigenvalue weighted by Gasteiger charge is -2.05. The van der Waals surface area contributed by atoms with E-state index >= 15 is 0 Å². The first-order valence-corrected chi connectivity index (χ1v) is 7.35. The number of alkyl halides is 3. The van der Waals surface area contributed by atoms with Crippen molar-refractivity contribution in [1.82, 2.24) is 4.98 Å². The van der Waals surface area contributed by atoms with E-state index in [4.69, 9.17) is 0 Å². The fourth-order valence-electron chi connectivity index (χ4n) is 2.26. The topological polar surface area (TPSA) is 39.8 Å². The number of aryl methyl sites for hydroxylation is 1. The summed E-state index contributed by atoms with van der Waals surface area (Å²) in [6, 6.07) is 6.97. The first-order valence-electron chi connectivity index (χ1n) is 6.47. The molecule has 0 aliphatic rings. The highest BCUT2D eigenvalue weighted by Crippen LogP contribution is 2.28. The van der Waals surface area contributed by atoms with Crippen LogP contribution in [0.25, 0.3) is 22.2 Å². The highest BCUT2D eigenvalue weighted by Gasteiger charge is 2.29. The number of nitrogens with zero attached hydrogens (tertiary/aromatic N) is 2. The van der Waals surface area contributed by atoms with Gasteiger partial charge in [0.1, 0.15) is 5.01 Å². The van der Waals surface area contributed by atoms with Gasteiger partial charge in [0.2, 0.25) is 5.52 Å². The predicted octanol–water partition coefficient (Wildman–Crippen LogP) is 4.01. The smallest absolute Gasteiger partial charge is 0.395 e. The summed E-state index contributed by atoms with van der Waals surface area (Å²) in [4.78, 5) is 4.03. The Hall–Kier alpha value is -2.15. The van der Waals surface area contributed by atoms with Crippen molar-refractivity contribution in [2.24, 2.45) is 0 Å². The van der Waals surface area contributed by atoms with Gasteiger partial charge >= 0.3 is 6.18 Å². The van der Waals surface area contributed by atoms with Gasteiger partial charge in [0.25, 0.3) is 0 Å². The summed E-state index contributed by atoms with van der Waals surface area (Å²) in [7, 11) is 0. The summed E-state index contributed by atoms with van der Waals surface area (Å²) < 4.78 is 37.9. The maximum atomic E-state index is 12.4. The second kappa shape index (κ2) is 5.24. The van der Waals surface area contributed by atoms with E-state index in [1.807, 2.05) is 13.0 Å². The minimum atomic E-state index is -4.26. The van der Waals surface area contributed by atoms with Crippen molar-refractivity contribution in [2.75, 3.05) is 0 Å². The Morgan fingerprint density at radius 3 is 2.77 bits per heavy atom. The van der Waals surface area contributed by atoms with E-state index in [9.17, 15) is 18.4 Å². The van der Waals surface area contributed by atoms with Gasteiger partial charge in [-0.2, -0.15) is 17.9 Å². The molecular formula is C15H11F3N2OS. The summed E-state index contributed by atoms with van der Waals surface area (Å²) in [6.45, 7) is 1.81. The Morgan fingerprint density at radius 1 is 1.27 bits per heavy atom. The predicted molar refractivity (Wildman–Crippen MR) is 78.5 cm³/mol. The molecule has 0 radical (unpaired) electrons. The van der Waals surface area contributed by atoms with Crippen LogP contribution in [0.3, 0.4) is 0 Å². The molecule has 114 valence electrons. The molecule has 0 bridgehead atoms. The standard InChI is InChI=1S/C15H11F3N2OS/c1-9-4-11-5-10(2-3-13(11)20(21)7-9)12-8-22-14(19-12)6-15(16,17)18/h2-5,7-8H,6H2,1H3. The first kappa shape index (κ1) is 14.8. The Balaban J connectivity index is 2.00. The van der Waals surface area contributed by atoms with E-state index in [1.54, 1.807) is 23.6 Å². The van der Waals surface area contributed by atoms with Gasteiger partial charge in [-0.25, -0.2) is 4.98 Å². The van der Waals surface area contributed by atoms with E-state index in [-0.39, 0.29) is 5.01 Å². The van der Waals surface area contributed by atoms with Gasteiger partial charge in [0.05, 0.1) is 12.1 Å². The second-order valence-electron chi connectivity index (χ2n) is 5.04. The molecule has 0 saturated heterocycles. The van der Waals surface area contributed by atoms with Crippen LogP contribution in [0, 0.1) is 12.1 Å². The fraction of sp³-hybridized carbons (Fsp3) is 0.200. The molecule has 0 aliphatic heterocycles. The lowest BCUT2D eigenvalue weighted by molar-refractivity contribution is -0.577. The molecule has 0 unspecified atom stereocenters. The summed E-state index contributed by atoms with van der Waals surface area (Å²) in [6.07, 6.45) is -3.80. The SMILES string of the molecule is Cc1cc2cc(-c3csc(CC(F)(F)F)n3)ccc2[n+]([O-])c1. The van der Waals surface area contributed by atoms with Gasteiger partial charge in [-0.3, -0.25) is 0 Å². The van der Waals surface area contributed by atoms with Crippen molar-refractivity contribution in [3.05, 3.63) is 51.6 Å². The molecule has 0 saturated carbocycles. The number of fused-ring (bicyclic) bond motifs is 1. The van der Waals surface area contributed by atoms with Crippen LogP contribution in [0.5, 0.6) is 0 Å². The Labute approximate surface area is 128 Å². The van der Waals surface area contributed by atoms with Crippen LogP contribution < -0.4 is 4.73 Å². The zero-order valence-corrected chi connectivity index (χ0v) is 12.3. The Bertz CT molecular complexity index is 842. The molecule has 0 amide bonds. The Kier molecular flexibility index (Phi) is 3.52. The highest BCUT2D eigenvalue weighted by atomic mass is 32.1. The summed E-state index contributed by atoms with van der Waals surface area (Å²) in [5.41, 5.74) is 2.52. The molecule has 0 fully saturated rings. The minimum Gasteiger partial charge on any atom is -0.618 e. The molecule has 0 spiro atoms. The molecule has 3 rings (SSSR count). The maximum absolute atomic E-state index is 12.4. The minimum absolute atomic E-state index is 0.0331. The van der Waals surface area contributed by atoms with Gasteiger partial charge in [0.15, 0.2) is 6.20 Å². The first-order chi connectivity index (χ1) is 10.3. The van der Waals surface area contributed by atoms with E-state index in [0.717, 1.165) is 27.0 Å². The van der Waals surface area contributed by atoms with Crippen LogP contribution in [0.15, 0.2) is 35.8 Å². The number of benzene rings is 1. The number of thiazole rings is 1. The van der Waals surface area contributed by atoms with E-state index in [0.29, 0.717) is 16.8 Å². The van der Waals surface area contributed by atoms with Crippen LogP contribution in [0.2, 0.25) is 0 Å². The monoisotopic (exact) mass is 324 g/mol. The summed E-state index contributed by atoms with van der Waals surface area (Å²) in [5, 5.41) is 14.2. The van der Waals surface area contributed by atoms with Gasteiger partial charge < -0.3 is 5.21 Å². The fourth-order valence-corrected chi connectivity index (χ4v) is 3.10. The van der Waals surface area contributed by atoms with Crippen LogP contribution in [-0.4, -0.2) is 11.2 Å². The van der Waals surface area contributed by atoms with Crippen molar-refractivity contribution < 1.29 is 17.9 Å².